The number of imidazole rings is 1. The van der Waals surface area contributed by atoms with E-state index in [9.17, 15) is 18.4 Å². The first-order chi connectivity index (χ1) is 15.4. The van der Waals surface area contributed by atoms with Crippen LogP contribution in [0.25, 0.3) is 11.2 Å². The van der Waals surface area contributed by atoms with Gasteiger partial charge in [-0.25, -0.2) is 13.6 Å². The molecule has 32 heavy (non-hydrogen) atoms. The van der Waals surface area contributed by atoms with Crippen LogP contribution in [0.15, 0.2) is 52.2 Å². The summed E-state index contributed by atoms with van der Waals surface area (Å²) in [4.78, 5) is 34.4. The quantitative estimate of drug-likeness (QED) is 0.467. The molecule has 0 aliphatic rings. The Balaban J connectivity index is 1.93. The molecular formula is C21H19F2N5O4. The van der Waals surface area contributed by atoms with Crippen LogP contribution in [0.2, 0.25) is 0 Å². The average molecular weight is 443 g/mol. The normalized spacial score (nSPS) is 11.2. The van der Waals surface area contributed by atoms with E-state index < -0.39 is 22.9 Å². The Labute approximate surface area is 179 Å². The number of pyridine rings is 1. The largest absolute Gasteiger partial charge is 0.425 e. The second-order valence-electron chi connectivity index (χ2n) is 7.03. The van der Waals surface area contributed by atoms with Gasteiger partial charge in [0.2, 0.25) is 0 Å². The summed E-state index contributed by atoms with van der Waals surface area (Å²) in [6, 6.07) is 8.14. The first kappa shape index (κ1) is 21.4. The van der Waals surface area contributed by atoms with Crippen LogP contribution in [0.1, 0.15) is 12.1 Å². The topological polar surface area (TPSA) is 104 Å². The van der Waals surface area contributed by atoms with Crippen molar-refractivity contribution in [2.24, 2.45) is 7.05 Å². The summed E-state index contributed by atoms with van der Waals surface area (Å²) in [5.74, 6) is -2.17. The summed E-state index contributed by atoms with van der Waals surface area (Å²) >= 11 is 0. The zero-order chi connectivity index (χ0) is 22.8. The predicted molar refractivity (Wildman–Crippen MR) is 111 cm³/mol. The van der Waals surface area contributed by atoms with E-state index in [0.29, 0.717) is 5.69 Å². The van der Waals surface area contributed by atoms with Crippen LogP contribution in [0.3, 0.4) is 0 Å². The fourth-order valence-electron chi connectivity index (χ4n) is 3.30. The van der Waals surface area contributed by atoms with Crippen molar-refractivity contribution in [2.45, 2.75) is 19.5 Å². The maximum Gasteiger partial charge on any atom is 0.332 e. The molecule has 3 heterocycles. The number of hydrogen-bond acceptors (Lipinski definition) is 6. The number of aliphatic hydroxyl groups is 1. The van der Waals surface area contributed by atoms with Gasteiger partial charge in [0.15, 0.2) is 22.8 Å². The minimum Gasteiger partial charge on any atom is -0.425 e. The minimum absolute atomic E-state index is 0.0199. The highest BCUT2D eigenvalue weighted by Crippen LogP contribution is 2.26. The molecule has 1 aromatic carbocycles. The number of rotatable bonds is 7. The van der Waals surface area contributed by atoms with Crippen LogP contribution in [0.5, 0.6) is 11.8 Å². The van der Waals surface area contributed by atoms with Crippen molar-refractivity contribution in [1.82, 2.24) is 23.7 Å². The van der Waals surface area contributed by atoms with Crippen LogP contribution in [0, 0.1) is 11.6 Å². The lowest BCUT2D eigenvalue weighted by atomic mass is 10.3. The molecule has 0 radical (unpaired) electrons. The molecule has 4 aromatic rings. The van der Waals surface area contributed by atoms with Crippen molar-refractivity contribution in [3.63, 3.8) is 0 Å². The number of aromatic nitrogens is 5. The van der Waals surface area contributed by atoms with Gasteiger partial charge in [-0.1, -0.05) is 6.07 Å². The number of nitrogens with zero attached hydrogens (tertiary/aromatic N) is 5. The van der Waals surface area contributed by atoms with E-state index in [4.69, 9.17) is 9.84 Å². The van der Waals surface area contributed by atoms with Gasteiger partial charge >= 0.3 is 11.7 Å². The molecule has 166 valence electrons. The molecule has 0 aliphatic heterocycles. The third-order valence-electron chi connectivity index (χ3n) is 4.88. The zero-order valence-corrected chi connectivity index (χ0v) is 17.0. The number of halogens is 2. The molecule has 0 aliphatic carbocycles. The SMILES string of the molecule is Cn1c(=O)n(CCCO)c(=O)c2c1nc(Oc1ccc(F)c(F)c1)n2Cc1ccccn1. The van der Waals surface area contributed by atoms with E-state index in [1.165, 1.54) is 22.2 Å². The lowest BCUT2D eigenvalue weighted by Gasteiger charge is -2.11. The lowest BCUT2D eigenvalue weighted by Crippen LogP contribution is -2.39. The first-order valence-corrected chi connectivity index (χ1v) is 9.74. The fourth-order valence-corrected chi connectivity index (χ4v) is 3.30. The number of hydrogen-bond donors (Lipinski definition) is 1. The van der Waals surface area contributed by atoms with Crippen molar-refractivity contribution in [2.75, 3.05) is 6.61 Å². The van der Waals surface area contributed by atoms with Crippen LogP contribution in [0.4, 0.5) is 8.78 Å². The standard InChI is InChI=1S/C21H19F2N5O4/c1-26-18-17(19(30)27(21(26)31)9-4-10-29)28(12-13-5-2-3-8-24-13)20(25-18)32-14-6-7-15(22)16(23)11-14/h2-3,5-8,11,29H,4,9-10,12H2,1H3. The first-order valence-electron chi connectivity index (χ1n) is 9.74. The molecule has 11 heteroatoms. The predicted octanol–water partition coefficient (Wildman–Crippen LogP) is 1.79. The molecule has 1 N–H and O–H groups in total. The number of fused-ring (bicyclic) bond motifs is 1. The van der Waals surface area contributed by atoms with Crippen LogP contribution >= 0.6 is 0 Å². The summed E-state index contributed by atoms with van der Waals surface area (Å²) in [6.45, 7) is -0.0960. The average Bonchev–Trinajstić information content (AvgIpc) is 3.13. The number of ether oxygens (including phenoxy) is 1. The molecule has 0 saturated carbocycles. The lowest BCUT2D eigenvalue weighted by molar-refractivity contribution is 0.277. The summed E-state index contributed by atoms with van der Waals surface area (Å²) in [7, 11) is 1.46. The van der Waals surface area contributed by atoms with E-state index in [1.807, 2.05) is 0 Å². The zero-order valence-electron chi connectivity index (χ0n) is 17.0. The van der Waals surface area contributed by atoms with E-state index in [-0.39, 0.29) is 49.0 Å². The van der Waals surface area contributed by atoms with Gasteiger partial charge in [0.25, 0.3) is 5.56 Å². The fraction of sp³-hybridized carbons (Fsp3) is 0.238. The molecule has 0 bridgehead atoms. The maximum absolute atomic E-state index is 13.7. The molecule has 0 atom stereocenters. The molecule has 4 rings (SSSR count). The number of aryl methyl sites for hydroxylation is 1. The Hall–Kier alpha value is -3.86. The number of aliphatic hydroxyl groups excluding tert-OH is 1. The molecule has 9 nitrogen and oxygen atoms in total. The highest BCUT2D eigenvalue weighted by atomic mass is 19.2. The van der Waals surface area contributed by atoms with Gasteiger partial charge in [-0.05, 0) is 30.7 Å². The highest BCUT2D eigenvalue weighted by molar-refractivity contribution is 5.72. The van der Waals surface area contributed by atoms with E-state index in [1.54, 1.807) is 24.4 Å². The van der Waals surface area contributed by atoms with Gasteiger partial charge in [0.05, 0.1) is 12.2 Å². The van der Waals surface area contributed by atoms with E-state index in [0.717, 1.165) is 16.7 Å². The van der Waals surface area contributed by atoms with Crippen molar-refractivity contribution in [1.29, 1.82) is 0 Å². The maximum atomic E-state index is 13.7. The molecule has 0 fully saturated rings. The molecule has 0 spiro atoms. The van der Waals surface area contributed by atoms with Crippen molar-refractivity contribution in [3.05, 3.63) is 80.8 Å². The molecule has 0 unspecified atom stereocenters. The monoisotopic (exact) mass is 443 g/mol. The molecule has 3 aromatic heterocycles. The second kappa shape index (κ2) is 8.71. The smallest absolute Gasteiger partial charge is 0.332 e. The van der Waals surface area contributed by atoms with Crippen LogP contribution in [-0.2, 0) is 20.1 Å². The van der Waals surface area contributed by atoms with Gasteiger partial charge in [-0.2, -0.15) is 4.98 Å². The van der Waals surface area contributed by atoms with Gasteiger partial charge in [-0.3, -0.25) is 23.5 Å². The van der Waals surface area contributed by atoms with Crippen LogP contribution in [-0.4, -0.2) is 35.4 Å². The summed E-state index contributed by atoms with van der Waals surface area (Å²) in [5, 5.41) is 9.12. The van der Waals surface area contributed by atoms with Gasteiger partial charge in [0.1, 0.15) is 5.75 Å². The Morgan fingerprint density at radius 3 is 2.59 bits per heavy atom. The van der Waals surface area contributed by atoms with Gasteiger partial charge < -0.3 is 9.84 Å². The minimum atomic E-state index is -1.10. The Bertz CT molecular complexity index is 1400. The van der Waals surface area contributed by atoms with E-state index in [2.05, 4.69) is 9.97 Å². The third kappa shape index (κ3) is 3.89. The van der Waals surface area contributed by atoms with Crippen LogP contribution < -0.4 is 16.0 Å². The van der Waals surface area contributed by atoms with Crippen molar-refractivity contribution < 1.29 is 18.6 Å². The Morgan fingerprint density at radius 2 is 1.91 bits per heavy atom. The Morgan fingerprint density at radius 1 is 1.09 bits per heavy atom. The molecule has 0 saturated heterocycles. The summed E-state index contributed by atoms with van der Waals surface area (Å²) < 4.78 is 36.3. The van der Waals surface area contributed by atoms with Crippen molar-refractivity contribution in [3.8, 4) is 11.8 Å². The van der Waals surface area contributed by atoms with E-state index >= 15 is 0 Å². The highest BCUT2D eigenvalue weighted by Gasteiger charge is 2.22. The van der Waals surface area contributed by atoms with Gasteiger partial charge in [0, 0.05) is 32.5 Å². The Kier molecular flexibility index (Phi) is 5.82. The van der Waals surface area contributed by atoms with Crippen molar-refractivity contribution >= 4 is 11.2 Å². The molecule has 0 amide bonds. The third-order valence-corrected chi connectivity index (χ3v) is 4.88. The number of benzene rings is 1. The second-order valence-corrected chi connectivity index (χ2v) is 7.03. The summed E-state index contributed by atoms with van der Waals surface area (Å²) in [5.41, 5.74) is -0.489. The molecular weight excluding hydrogens is 424 g/mol. The summed E-state index contributed by atoms with van der Waals surface area (Å²) in [6.07, 6.45) is 1.80. The van der Waals surface area contributed by atoms with Gasteiger partial charge in [-0.15, -0.1) is 0 Å².